The molecule has 0 atom stereocenters. The lowest BCUT2D eigenvalue weighted by atomic mass is 10.0. The van der Waals surface area contributed by atoms with E-state index >= 15 is 0 Å². The summed E-state index contributed by atoms with van der Waals surface area (Å²) >= 11 is 0. The Kier molecular flexibility index (Phi) is 8.33. The Morgan fingerprint density at radius 3 is 1.56 bits per heavy atom. The summed E-state index contributed by atoms with van der Waals surface area (Å²) in [5, 5.41) is 3.69. The van der Waals surface area contributed by atoms with E-state index in [0.717, 1.165) is 56.3 Å². The van der Waals surface area contributed by atoms with E-state index in [9.17, 15) is 0 Å². The third-order valence-electron chi connectivity index (χ3n) is 11.1. The van der Waals surface area contributed by atoms with Crippen molar-refractivity contribution in [2.24, 2.45) is 0 Å². The fourth-order valence-corrected chi connectivity index (χ4v) is 8.33. The van der Waals surface area contributed by atoms with E-state index in [1.165, 1.54) is 45.4 Å². The normalized spacial score (nSPS) is 11.4. The van der Waals surface area contributed by atoms with Crippen molar-refractivity contribution in [3.05, 3.63) is 213 Å². The molecule has 7 nitrogen and oxygen atoms in total. The molecule has 0 aliphatic carbocycles. The van der Waals surface area contributed by atoms with E-state index in [2.05, 4.69) is 210 Å². The van der Waals surface area contributed by atoms with Gasteiger partial charge in [0.2, 0.25) is 0 Å². The molecule has 0 N–H and O–H groups in total. The van der Waals surface area contributed by atoms with Gasteiger partial charge in [0.05, 0.1) is 16.6 Å². The number of hydrogen-bond acceptors (Lipinski definition) is 5. The summed E-state index contributed by atoms with van der Waals surface area (Å²) in [4.78, 5) is 19.2. The van der Waals surface area contributed by atoms with Crippen LogP contribution in [0.5, 0.6) is 0 Å². The molecule has 0 saturated heterocycles. The van der Waals surface area contributed by atoms with Crippen LogP contribution in [-0.2, 0) is 0 Å². The van der Waals surface area contributed by atoms with Gasteiger partial charge in [0.25, 0.3) is 0 Å². The van der Waals surface area contributed by atoms with Crippen LogP contribution in [0.4, 0.5) is 17.1 Å². The van der Waals surface area contributed by atoms with Crippen molar-refractivity contribution in [3.8, 4) is 45.0 Å². The van der Waals surface area contributed by atoms with Gasteiger partial charge < -0.3 is 14.0 Å². The van der Waals surface area contributed by atoms with Crippen LogP contribution in [0.1, 0.15) is 0 Å². The predicted octanol–water partition coefficient (Wildman–Crippen LogP) is 12.8. The molecule has 0 saturated carbocycles. The molecule has 0 radical (unpaired) electrons. The highest BCUT2D eigenvalue weighted by Gasteiger charge is 2.19. The average Bonchev–Trinajstić information content (AvgIpc) is 3.90. The van der Waals surface area contributed by atoms with Gasteiger partial charge in [-0.1, -0.05) is 66.7 Å². The lowest BCUT2D eigenvalue weighted by molar-refractivity contribution is 1.06. The zero-order valence-corrected chi connectivity index (χ0v) is 31.8. The second kappa shape index (κ2) is 14.4. The van der Waals surface area contributed by atoms with Crippen LogP contribution in [0.2, 0.25) is 0 Å². The first-order valence-corrected chi connectivity index (χ1v) is 19.6. The number of pyridine rings is 1. The van der Waals surface area contributed by atoms with E-state index in [-0.39, 0.29) is 0 Å². The van der Waals surface area contributed by atoms with E-state index in [1.807, 2.05) is 24.5 Å². The maximum absolute atomic E-state index is 4.35. The Labute approximate surface area is 340 Å². The van der Waals surface area contributed by atoms with Gasteiger partial charge in [0.15, 0.2) is 5.82 Å². The van der Waals surface area contributed by atoms with Crippen molar-refractivity contribution >= 4 is 49.8 Å². The minimum Gasteiger partial charge on any atom is -0.317 e. The lowest BCUT2D eigenvalue weighted by Crippen LogP contribution is -2.09. The van der Waals surface area contributed by atoms with Crippen molar-refractivity contribution in [2.75, 3.05) is 4.90 Å². The van der Waals surface area contributed by atoms with Gasteiger partial charge in [0, 0.05) is 68.7 Å². The molecule has 0 bridgehead atoms. The second-order valence-corrected chi connectivity index (χ2v) is 14.5. The maximum Gasteiger partial charge on any atom is 0.162 e. The van der Waals surface area contributed by atoms with Crippen molar-refractivity contribution in [1.82, 2.24) is 29.1 Å². The summed E-state index contributed by atoms with van der Waals surface area (Å²) < 4.78 is 4.67. The van der Waals surface area contributed by atoms with Gasteiger partial charge in [-0.15, -0.1) is 0 Å². The molecule has 7 aromatic carbocycles. The lowest BCUT2D eigenvalue weighted by Gasteiger charge is -2.26. The van der Waals surface area contributed by atoms with Crippen LogP contribution < -0.4 is 4.90 Å². The monoisotopic (exact) mass is 757 g/mol. The fourth-order valence-electron chi connectivity index (χ4n) is 8.33. The molecule has 11 rings (SSSR count). The standard InChI is InChI=1S/C52H35N7/c1-3-7-41(8-4-1)57-32-29-46-48(57)25-26-50-51(46)47-33-40(17-24-49(47)59(50)42-9-5-2-6-10-42)37-13-20-44(21-14-37)58(43-18-11-36(12-19-43)38-27-30-53-31-28-38)45-22-15-39(16-23-45)52-55-34-54-35-56-52/h1-35H. The molecule has 0 aliphatic heterocycles. The van der Waals surface area contributed by atoms with Crippen molar-refractivity contribution in [3.63, 3.8) is 0 Å². The molecule has 0 spiro atoms. The number of rotatable bonds is 8. The minimum absolute atomic E-state index is 0.641. The van der Waals surface area contributed by atoms with Gasteiger partial charge in [-0.05, 0) is 138 Å². The smallest absolute Gasteiger partial charge is 0.162 e. The number of benzene rings is 7. The van der Waals surface area contributed by atoms with Crippen LogP contribution in [0, 0.1) is 0 Å². The molecule has 4 heterocycles. The van der Waals surface area contributed by atoms with Crippen molar-refractivity contribution in [1.29, 1.82) is 0 Å². The maximum atomic E-state index is 4.35. The molecule has 0 fully saturated rings. The van der Waals surface area contributed by atoms with Gasteiger partial charge in [0.1, 0.15) is 12.7 Å². The van der Waals surface area contributed by atoms with Crippen LogP contribution in [0.3, 0.4) is 0 Å². The summed E-state index contributed by atoms with van der Waals surface area (Å²) in [5.41, 5.74) is 14.4. The first-order valence-electron chi connectivity index (χ1n) is 19.6. The van der Waals surface area contributed by atoms with E-state index in [0.29, 0.717) is 5.82 Å². The third kappa shape index (κ3) is 6.09. The molecule has 0 unspecified atom stereocenters. The molecule has 4 aromatic heterocycles. The van der Waals surface area contributed by atoms with Gasteiger partial charge in [-0.25, -0.2) is 15.0 Å². The van der Waals surface area contributed by atoms with Crippen LogP contribution in [0.25, 0.3) is 77.7 Å². The molecular formula is C52H35N7. The van der Waals surface area contributed by atoms with Gasteiger partial charge in [-0.2, -0.15) is 0 Å². The SMILES string of the molecule is c1ccc(-n2ccc3c4c5cc(-c6ccc(N(c7ccc(-c8ccncc8)cc7)c7ccc(-c8ncncn8)cc7)cc6)ccc5n(-c5ccccc5)c4ccc32)cc1. The molecular weight excluding hydrogens is 723 g/mol. The quantitative estimate of drug-likeness (QED) is 0.154. The van der Waals surface area contributed by atoms with Gasteiger partial charge >= 0.3 is 0 Å². The number of fused-ring (bicyclic) bond motifs is 5. The number of anilines is 3. The van der Waals surface area contributed by atoms with Gasteiger partial charge in [-0.3, -0.25) is 4.98 Å². The topological polar surface area (TPSA) is 64.7 Å². The fraction of sp³-hybridized carbons (Fsp3) is 0. The van der Waals surface area contributed by atoms with Crippen molar-refractivity contribution < 1.29 is 0 Å². The second-order valence-electron chi connectivity index (χ2n) is 14.5. The Hall–Kier alpha value is -8.16. The van der Waals surface area contributed by atoms with Crippen molar-refractivity contribution in [2.45, 2.75) is 0 Å². The highest BCUT2D eigenvalue weighted by Crippen LogP contribution is 2.41. The zero-order valence-electron chi connectivity index (χ0n) is 31.8. The van der Waals surface area contributed by atoms with Crippen LogP contribution in [-0.4, -0.2) is 29.1 Å². The van der Waals surface area contributed by atoms with E-state index < -0.39 is 0 Å². The van der Waals surface area contributed by atoms with E-state index in [4.69, 9.17) is 0 Å². The van der Waals surface area contributed by atoms with E-state index in [1.54, 1.807) is 0 Å². The number of hydrogen-bond donors (Lipinski definition) is 0. The zero-order chi connectivity index (χ0) is 39.1. The molecule has 11 aromatic rings. The van der Waals surface area contributed by atoms with Crippen LogP contribution >= 0.6 is 0 Å². The Morgan fingerprint density at radius 1 is 0.390 bits per heavy atom. The highest BCUT2D eigenvalue weighted by molar-refractivity contribution is 6.21. The Balaban J connectivity index is 1.02. The molecule has 278 valence electrons. The Morgan fingerprint density at radius 2 is 0.915 bits per heavy atom. The largest absolute Gasteiger partial charge is 0.317 e. The number of aromatic nitrogens is 6. The summed E-state index contributed by atoms with van der Waals surface area (Å²) in [7, 11) is 0. The highest BCUT2D eigenvalue weighted by atomic mass is 15.1. The average molecular weight is 758 g/mol. The predicted molar refractivity (Wildman–Crippen MR) is 240 cm³/mol. The first kappa shape index (κ1) is 34.1. The Bertz CT molecular complexity index is 3130. The number of para-hydroxylation sites is 2. The molecule has 7 heteroatoms. The summed E-state index contributed by atoms with van der Waals surface area (Å²) in [6.07, 6.45) is 8.89. The molecule has 59 heavy (non-hydrogen) atoms. The minimum atomic E-state index is 0.641. The first-order chi connectivity index (χ1) is 29.3. The molecule has 0 aliphatic rings. The third-order valence-corrected chi connectivity index (χ3v) is 11.1. The summed E-state index contributed by atoms with van der Waals surface area (Å²) in [6, 6.07) is 64.8. The molecule has 0 amide bonds. The summed E-state index contributed by atoms with van der Waals surface area (Å²) in [6.45, 7) is 0. The summed E-state index contributed by atoms with van der Waals surface area (Å²) in [5.74, 6) is 0.641. The number of nitrogens with zero attached hydrogens (tertiary/aromatic N) is 7. The van der Waals surface area contributed by atoms with Crippen LogP contribution in [0.15, 0.2) is 213 Å².